The van der Waals surface area contributed by atoms with Crippen molar-refractivity contribution in [1.82, 2.24) is 0 Å². The second-order valence-electron chi connectivity index (χ2n) is 4.18. The number of hydrogen-bond acceptors (Lipinski definition) is 1. The Hall–Kier alpha value is -0.560. The minimum Gasteiger partial charge on any atom is -0.389 e. The molecule has 1 heteroatoms. The summed E-state index contributed by atoms with van der Waals surface area (Å²) in [6.07, 6.45) is 4.47. The molecule has 0 bridgehead atoms. The first kappa shape index (κ1) is 9.53. The van der Waals surface area contributed by atoms with E-state index in [9.17, 15) is 5.11 Å². The molecule has 1 rings (SSSR count). The van der Waals surface area contributed by atoms with E-state index in [4.69, 9.17) is 0 Å². The number of hydrogen-bond donors (Lipinski definition) is 1. The van der Waals surface area contributed by atoms with Crippen LogP contribution in [0.4, 0.5) is 0 Å². The molecule has 2 atom stereocenters. The maximum Gasteiger partial charge on any atom is 0.0757 e. The Bertz CT molecular complexity index is 213. The van der Waals surface area contributed by atoms with Gasteiger partial charge < -0.3 is 5.11 Å². The van der Waals surface area contributed by atoms with Gasteiger partial charge >= 0.3 is 0 Å². The Labute approximate surface area is 74.8 Å². The molecule has 0 saturated carbocycles. The highest BCUT2D eigenvalue weighted by Crippen LogP contribution is 2.44. The second-order valence-corrected chi connectivity index (χ2v) is 4.18. The lowest BCUT2D eigenvalue weighted by molar-refractivity contribution is 0.0981. The van der Waals surface area contributed by atoms with Gasteiger partial charge in [-0.1, -0.05) is 31.6 Å². The molecule has 1 aliphatic rings. The van der Waals surface area contributed by atoms with E-state index in [1.54, 1.807) is 6.08 Å². The van der Waals surface area contributed by atoms with Gasteiger partial charge in [0.05, 0.1) is 6.10 Å². The summed E-state index contributed by atoms with van der Waals surface area (Å²) in [6.45, 7) is 10.1. The minimum absolute atomic E-state index is 0.133. The van der Waals surface area contributed by atoms with E-state index < -0.39 is 0 Å². The molecule has 1 N–H and O–H groups in total. The maximum atomic E-state index is 9.66. The van der Waals surface area contributed by atoms with Crippen molar-refractivity contribution in [3.63, 3.8) is 0 Å². The molecule has 0 spiro atoms. The van der Waals surface area contributed by atoms with Gasteiger partial charge in [0.25, 0.3) is 0 Å². The van der Waals surface area contributed by atoms with Crippen LogP contribution < -0.4 is 0 Å². The van der Waals surface area contributed by atoms with E-state index in [1.165, 1.54) is 5.57 Å². The molecule has 1 nitrogen and oxygen atoms in total. The van der Waals surface area contributed by atoms with E-state index in [0.717, 1.165) is 6.42 Å². The highest BCUT2D eigenvalue weighted by molar-refractivity contribution is 5.20. The van der Waals surface area contributed by atoms with Gasteiger partial charge in [0.15, 0.2) is 0 Å². The Morgan fingerprint density at radius 1 is 1.75 bits per heavy atom. The molecule has 0 amide bonds. The van der Waals surface area contributed by atoms with Crippen molar-refractivity contribution < 1.29 is 5.11 Å². The van der Waals surface area contributed by atoms with Crippen LogP contribution in [-0.2, 0) is 0 Å². The molecule has 1 aliphatic carbocycles. The first-order valence-electron chi connectivity index (χ1n) is 4.48. The third-order valence-corrected chi connectivity index (χ3v) is 3.28. The van der Waals surface area contributed by atoms with Gasteiger partial charge in [0.1, 0.15) is 0 Å². The fraction of sp³-hybridized carbons (Fsp3) is 0.636. The zero-order valence-electron chi connectivity index (χ0n) is 8.17. The third kappa shape index (κ3) is 1.34. The number of aliphatic hydroxyl groups excluding tert-OH is 1. The van der Waals surface area contributed by atoms with Crippen LogP contribution in [0.2, 0.25) is 0 Å². The van der Waals surface area contributed by atoms with E-state index in [2.05, 4.69) is 33.4 Å². The second kappa shape index (κ2) is 3.06. The Morgan fingerprint density at radius 2 is 2.33 bits per heavy atom. The van der Waals surface area contributed by atoms with Crippen LogP contribution in [0.1, 0.15) is 27.2 Å². The van der Waals surface area contributed by atoms with Crippen molar-refractivity contribution in [3.05, 3.63) is 24.3 Å². The molecule has 0 saturated heterocycles. The van der Waals surface area contributed by atoms with Gasteiger partial charge in [-0.3, -0.25) is 0 Å². The van der Waals surface area contributed by atoms with Crippen LogP contribution in [-0.4, -0.2) is 11.2 Å². The van der Waals surface area contributed by atoms with Crippen molar-refractivity contribution in [1.29, 1.82) is 0 Å². The van der Waals surface area contributed by atoms with Crippen LogP contribution >= 0.6 is 0 Å². The van der Waals surface area contributed by atoms with Gasteiger partial charge in [-0.15, -0.1) is 6.58 Å². The van der Waals surface area contributed by atoms with E-state index in [-0.39, 0.29) is 11.5 Å². The van der Waals surface area contributed by atoms with Crippen LogP contribution in [0.5, 0.6) is 0 Å². The predicted molar refractivity (Wildman–Crippen MR) is 51.8 cm³/mol. The number of aliphatic hydroxyl groups is 1. The lowest BCUT2D eigenvalue weighted by Gasteiger charge is -2.31. The summed E-state index contributed by atoms with van der Waals surface area (Å²) in [5, 5.41) is 9.66. The normalized spacial score (nSPS) is 29.7. The summed E-state index contributed by atoms with van der Waals surface area (Å²) < 4.78 is 0. The molecule has 0 fully saturated rings. The third-order valence-electron chi connectivity index (χ3n) is 3.28. The summed E-state index contributed by atoms with van der Waals surface area (Å²) in [4.78, 5) is 0. The minimum atomic E-state index is -0.367. The Morgan fingerprint density at radius 3 is 2.67 bits per heavy atom. The average Bonchev–Trinajstić information content (AvgIpc) is 2.27. The molecular formula is C11H18O. The summed E-state index contributed by atoms with van der Waals surface area (Å²) in [6, 6.07) is 0. The van der Waals surface area contributed by atoms with Crippen LogP contribution in [0.3, 0.4) is 0 Å². The smallest absolute Gasteiger partial charge is 0.0757 e. The zero-order chi connectivity index (χ0) is 9.35. The SMILES string of the molecule is C=CC(O)[C@H]1CC=C(C)C1(C)C. The number of allylic oxidation sites excluding steroid dienone is 2. The number of rotatable bonds is 2. The molecular weight excluding hydrogens is 148 g/mol. The van der Waals surface area contributed by atoms with Crippen molar-refractivity contribution in [3.8, 4) is 0 Å². The van der Waals surface area contributed by atoms with Crippen molar-refractivity contribution >= 4 is 0 Å². The lowest BCUT2D eigenvalue weighted by Crippen LogP contribution is -2.29. The first-order chi connectivity index (χ1) is 5.50. The first-order valence-corrected chi connectivity index (χ1v) is 4.48. The van der Waals surface area contributed by atoms with Gasteiger partial charge in [-0.25, -0.2) is 0 Å². The predicted octanol–water partition coefficient (Wildman–Crippen LogP) is 2.53. The molecule has 0 aromatic carbocycles. The van der Waals surface area contributed by atoms with E-state index >= 15 is 0 Å². The van der Waals surface area contributed by atoms with Crippen molar-refractivity contribution in [2.24, 2.45) is 11.3 Å². The van der Waals surface area contributed by atoms with Gasteiger partial charge in [0, 0.05) is 5.92 Å². The molecule has 0 heterocycles. The molecule has 68 valence electrons. The molecule has 0 aromatic rings. The van der Waals surface area contributed by atoms with E-state index in [0.29, 0.717) is 5.92 Å². The average molecular weight is 166 g/mol. The topological polar surface area (TPSA) is 20.2 Å². The van der Waals surface area contributed by atoms with E-state index in [1.807, 2.05) is 0 Å². The summed E-state index contributed by atoms with van der Waals surface area (Å²) >= 11 is 0. The largest absolute Gasteiger partial charge is 0.389 e. The fourth-order valence-electron chi connectivity index (χ4n) is 1.88. The van der Waals surface area contributed by atoms with Gasteiger partial charge in [0.2, 0.25) is 0 Å². The van der Waals surface area contributed by atoms with Gasteiger partial charge in [-0.2, -0.15) is 0 Å². The summed E-state index contributed by atoms with van der Waals surface area (Å²) in [7, 11) is 0. The highest BCUT2D eigenvalue weighted by atomic mass is 16.3. The van der Waals surface area contributed by atoms with Gasteiger partial charge in [-0.05, 0) is 18.8 Å². The fourth-order valence-corrected chi connectivity index (χ4v) is 1.88. The van der Waals surface area contributed by atoms with Crippen molar-refractivity contribution in [2.45, 2.75) is 33.3 Å². The Balaban J connectivity index is 2.80. The summed E-state index contributed by atoms with van der Waals surface area (Å²) in [5.74, 6) is 0.315. The molecule has 12 heavy (non-hydrogen) atoms. The van der Waals surface area contributed by atoms with Crippen LogP contribution in [0, 0.1) is 11.3 Å². The van der Waals surface area contributed by atoms with Crippen LogP contribution in [0.25, 0.3) is 0 Å². The maximum absolute atomic E-state index is 9.66. The Kier molecular flexibility index (Phi) is 2.43. The molecule has 0 aromatic heterocycles. The van der Waals surface area contributed by atoms with Crippen molar-refractivity contribution in [2.75, 3.05) is 0 Å². The monoisotopic (exact) mass is 166 g/mol. The molecule has 0 aliphatic heterocycles. The standard InChI is InChI=1S/C11H18O/c1-5-10(12)9-7-6-8(2)11(9,3)4/h5-6,9-10,12H,1,7H2,2-4H3/t9-,10?/m1/s1. The van der Waals surface area contributed by atoms with Crippen LogP contribution in [0.15, 0.2) is 24.3 Å². The zero-order valence-corrected chi connectivity index (χ0v) is 8.17. The highest BCUT2D eigenvalue weighted by Gasteiger charge is 2.37. The lowest BCUT2D eigenvalue weighted by atomic mass is 9.75. The quantitative estimate of drug-likeness (QED) is 0.625. The summed E-state index contributed by atoms with van der Waals surface area (Å²) in [5.41, 5.74) is 1.52. The molecule has 0 radical (unpaired) electrons. The molecule has 1 unspecified atom stereocenters.